The molecule has 0 aliphatic heterocycles. The summed E-state index contributed by atoms with van der Waals surface area (Å²) >= 11 is 0.874. The first-order valence-electron chi connectivity index (χ1n) is 9.53. The van der Waals surface area contributed by atoms with E-state index < -0.39 is 41.9 Å². The van der Waals surface area contributed by atoms with Gasteiger partial charge in [-0.2, -0.15) is 0 Å². The van der Waals surface area contributed by atoms with Crippen molar-refractivity contribution in [2.24, 2.45) is 0 Å². The molecule has 0 atom stereocenters. The van der Waals surface area contributed by atoms with Gasteiger partial charge < -0.3 is 24.8 Å². The van der Waals surface area contributed by atoms with E-state index in [1.807, 2.05) is 0 Å². The van der Waals surface area contributed by atoms with Crippen LogP contribution in [0.1, 0.15) is 32.5 Å². The smallest absolute Gasteiger partial charge is 0.344 e. The number of hydrogen-bond acceptors (Lipinski definition) is 10. The Morgan fingerprint density at radius 3 is 2.45 bits per heavy atom. The second kappa shape index (κ2) is 11.6. The van der Waals surface area contributed by atoms with E-state index in [-0.39, 0.29) is 33.5 Å². The Morgan fingerprint density at radius 2 is 1.82 bits per heavy atom. The Bertz CT molecular complexity index is 1080. The molecular weight excluding hydrogens is 458 g/mol. The normalized spacial score (nSPS) is 10.2. The van der Waals surface area contributed by atoms with Crippen molar-refractivity contribution >= 4 is 45.8 Å². The number of esters is 2. The van der Waals surface area contributed by atoms with E-state index in [4.69, 9.17) is 14.2 Å². The largest absolute Gasteiger partial charge is 0.475 e. The van der Waals surface area contributed by atoms with Crippen molar-refractivity contribution in [1.82, 2.24) is 5.32 Å². The topological polar surface area (TPSA) is 163 Å². The third-order valence-corrected chi connectivity index (χ3v) is 5.29. The van der Waals surface area contributed by atoms with Crippen molar-refractivity contribution in [3.63, 3.8) is 0 Å². The molecule has 2 rings (SSSR count). The molecule has 0 fully saturated rings. The number of nitro benzene ring substituents is 1. The summed E-state index contributed by atoms with van der Waals surface area (Å²) in [5.74, 6) is -3.00. The Kier molecular flexibility index (Phi) is 8.86. The predicted molar refractivity (Wildman–Crippen MR) is 117 cm³/mol. The van der Waals surface area contributed by atoms with Gasteiger partial charge in [-0.05, 0) is 25.5 Å². The molecule has 1 aromatic heterocycles. The highest BCUT2D eigenvalue weighted by molar-refractivity contribution is 7.18. The molecule has 0 bridgehead atoms. The number of nitro groups is 1. The zero-order chi connectivity index (χ0) is 24.5. The Hall–Kier alpha value is -4.00. The van der Waals surface area contributed by atoms with E-state index in [0.717, 1.165) is 11.3 Å². The van der Waals surface area contributed by atoms with E-state index in [2.05, 4.69) is 10.6 Å². The maximum atomic E-state index is 12.3. The van der Waals surface area contributed by atoms with Gasteiger partial charge in [-0.15, -0.1) is 11.3 Å². The molecule has 12 nitrogen and oxygen atoms in total. The van der Waals surface area contributed by atoms with Gasteiger partial charge in [-0.25, -0.2) is 9.59 Å². The van der Waals surface area contributed by atoms with Crippen molar-refractivity contribution in [1.29, 1.82) is 0 Å². The van der Waals surface area contributed by atoms with Crippen LogP contribution >= 0.6 is 11.3 Å². The van der Waals surface area contributed by atoms with Crippen molar-refractivity contribution in [2.45, 2.75) is 13.8 Å². The number of para-hydroxylation sites is 2. The van der Waals surface area contributed by atoms with Gasteiger partial charge in [0.1, 0.15) is 5.00 Å². The molecule has 0 aliphatic rings. The minimum Gasteiger partial charge on any atom is -0.475 e. The lowest BCUT2D eigenvalue weighted by Crippen LogP contribution is -2.24. The first-order chi connectivity index (χ1) is 15.7. The van der Waals surface area contributed by atoms with Crippen molar-refractivity contribution < 1.29 is 38.3 Å². The first kappa shape index (κ1) is 25.3. The Balaban J connectivity index is 2.01. The summed E-state index contributed by atoms with van der Waals surface area (Å²) in [5, 5.41) is 15.9. The van der Waals surface area contributed by atoms with Gasteiger partial charge in [0.2, 0.25) is 0 Å². The number of ether oxygens (including phenoxy) is 3. The monoisotopic (exact) mass is 479 g/mol. The highest BCUT2D eigenvalue weighted by Gasteiger charge is 2.26. The quantitative estimate of drug-likeness (QED) is 0.295. The number of nitrogens with zero attached hydrogens (tertiary/aromatic N) is 1. The summed E-state index contributed by atoms with van der Waals surface area (Å²) in [6.07, 6.45) is 0. The number of benzene rings is 1. The maximum absolute atomic E-state index is 12.3. The van der Waals surface area contributed by atoms with Crippen LogP contribution in [0.4, 0.5) is 10.7 Å². The molecule has 0 radical (unpaired) electrons. The van der Waals surface area contributed by atoms with E-state index in [1.165, 1.54) is 31.3 Å². The zero-order valence-electron chi connectivity index (χ0n) is 18.0. The first-order valence-corrected chi connectivity index (χ1v) is 10.3. The highest BCUT2D eigenvalue weighted by Crippen LogP contribution is 2.33. The van der Waals surface area contributed by atoms with Crippen LogP contribution in [0, 0.1) is 17.0 Å². The van der Waals surface area contributed by atoms with Crippen LogP contribution < -0.4 is 15.4 Å². The maximum Gasteiger partial charge on any atom is 0.344 e. The molecule has 0 unspecified atom stereocenters. The number of rotatable bonds is 10. The van der Waals surface area contributed by atoms with E-state index in [9.17, 15) is 29.3 Å². The average molecular weight is 479 g/mol. The zero-order valence-corrected chi connectivity index (χ0v) is 18.8. The Labute approximate surface area is 192 Å². The van der Waals surface area contributed by atoms with Gasteiger partial charge in [-0.1, -0.05) is 12.1 Å². The van der Waals surface area contributed by atoms with Crippen LogP contribution in [-0.2, 0) is 19.1 Å². The standard InChI is InChI=1S/C20H21N3O9S/c1-4-30-20(27)16-11(2)17(18(26)21-3)33-19(16)22-14(24)9-32-15(25)10-31-13-8-6-5-7-12(13)23(28)29/h5-8H,4,9-10H2,1-3H3,(H,21,26)(H,22,24). The Morgan fingerprint density at radius 1 is 1.12 bits per heavy atom. The molecule has 0 saturated heterocycles. The molecule has 1 heterocycles. The van der Waals surface area contributed by atoms with Crippen molar-refractivity contribution in [3.8, 4) is 5.75 Å². The minimum atomic E-state index is -0.942. The fourth-order valence-corrected chi connectivity index (χ4v) is 3.76. The molecule has 2 N–H and O–H groups in total. The number of carbonyl (C=O) groups excluding carboxylic acids is 4. The fraction of sp³-hybridized carbons (Fsp3) is 0.300. The molecule has 0 spiro atoms. The number of thiophene rings is 1. The van der Waals surface area contributed by atoms with Gasteiger partial charge >= 0.3 is 17.6 Å². The third kappa shape index (κ3) is 6.49. The number of carbonyl (C=O) groups is 4. The fourth-order valence-electron chi connectivity index (χ4n) is 2.60. The molecule has 1 aromatic carbocycles. The van der Waals surface area contributed by atoms with E-state index >= 15 is 0 Å². The number of anilines is 1. The van der Waals surface area contributed by atoms with Crippen LogP contribution in [0.3, 0.4) is 0 Å². The van der Waals surface area contributed by atoms with Crippen LogP contribution in [0.15, 0.2) is 24.3 Å². The van der Waals surface area contributed by atoms with Crippen LogP contribution in [0.5, 0.6) is 5.75 Å². The summed E-state index contributed by atoms with van der Waals surface area (Å²) < 4.78 is 14.9. The molecule has 0 aliphatic carbocycles. The summed E-state index contributed by atoms with van der Waals surface area (Å²) in [6.45, 7) is 1.87. The summed E-state index contributed by atoms with van der Waals surface area (Å²) in [5.41, 5.74) is 0.0392. The van der Waals surface area contributed by atoms with Gasteiger partial charge in [0, 0.05) is 13.1 Å². The number of amides is 2. The van der Waals surface area contributed by atoms with Crippen LogP contribution in [0.25, 0.3) is 0 Å². The van der Waals surface area contributed by atoms with E-state index in [1.54, 1.807) is 13.8 Å². The summed E-state index contributed by atoms with van der Waals surface area (Å²) in [7, 11) is 1.43. The molecule has 176 valence electrons. The molecule has 2 amide bonds. The number of nitrogens with one attached hydrogen (secondary N) is 2. The molecule has 0 saturated carbocycles. The predicted octanol–water partition coefficient (Wildman–Crippen LogP) is 2.06. The van der Waals surface area contributed by atoms with Gasteiger partial charge in [0.05, 0.1) is 22.0 Å². The molecular formula is C20H21N3O9S. The summed E-state index contributed by atoms with van der Waals surface area (Å²) in [6, 6.07) is 5.47. The van der Waals surface area contributed by atoms with Crippen molar-refractivity contribution in [3.05, 3.63) is 50.4 Å². The molecule has 13 heteroatoms. The van der Waals surface area contributed by atoms with Crippen molar-refractivity contribution in [2.75, 3.05) is 32.2 Å². The lowest BCUT2D eigenvalue weighted by molar-refractivity contribution is -0.385. The van der Waals surface area contributed by atoms with Gasteiger partial charge in [-0.3, -0.25) is 19.7 Å². The van der Waals surface area contributed by atoms with E-state index in [0.29, 0.717) is 5.56 Å². The second-order valence-electron chi connectivity index (χ2n) is 6.28. The molecule has 33 heavy (non-hydrogen) atoms. The van der Waals surface area contributed by atoms with Crippen LogP contribution in [0.2, 0.25) is 0 Å². The highest BCUT2D eigenvalue weighted by atomic mass is 32.1. The molecule has 2 aromatic rings. The SMILES string of the molecule is CCOC(=O)c1c(NC(=O)COC(=O)COc2ccccc2[N+](=O)[O-])sc(C(=O)NC)c1C. The van der Waals surface area contributed by atoms with Crippen LogP contribution in [-0.4, -0.2) is 55.5 Å². The van der Waals surface area contributed by atoms with Gasteiger partial charge in [0.25, 0.3) is 11.8 Å². The van der Waals surface area contributed by atoms with Gasteiger partial charge in [0.15, 0.2) is 19.0 Å². The second-order valence-corrected chi connectivity index (χ2v) is 7.30. The lowest BCUT2D eigenvalue weighted by Gasteiger charge is -2.09. The summed E-state index contributed by atoms with van der Waals surface area (Å²) in [4.78, 5) is 59.0. The lowest BCUT2D eigenvalue weighted by atomic mass is 10.1. The minimum absolute atomic E-state index is 0.0276. The third-order valence-electron chi connectivity index (χ3n) is 4.08. The average Bonchev–Trinajstić information content (AvgIpc) is 3.11. The number of hydrogen-bond donors (Lipinski definition) is 2.